The maximum absolute atomic E-state index is 11.6. The number of carboxylic acid groups (broad SMARTS) is 1. The normalized spacial score (nSPS) is 12.4. The van der Waals surface area contributed by atoms with Gasteiger partial charge in [-0.05, 0) is 14.0 Å². The van der Waals surface area contributed by atoms with Crippen molar-refractivity contribution in [2.45, 2.75) is 13.8 Å². The van der Waals surface area contributed by atoms with Crippen LogP contribution in [0.3, 0.4) is 0 Å². The van der Waals surface area contributed by atoms with Crippen molar-refractivity contribution in [3.05, 3.63) is 11.8 Å². The lowest BCUT2D eigenvalue weighted by Crippen LogP contribution is -2.35. The predicted molar refractivity (Wildman–Crippen MR) is 64.2 cm³/mol. The number of aromatic nitrogens is 1. The molecule has 0 spiro atoms. The number of aliphatic carboxylic acids is 1. The molecule has 0 fully saturated rings. The smallest absolute Gasteiger partial charge is 0.307 e. The summed E-state index contributed by atoms with van der Waals surface area (Å²) < 4.78 is 4.84. The van der Waals surface area contributed by atoms with Crippen molar-refractivity contribution in [1.29, 1.82) is 0 Å². The van der Waals surface area contributed by atoms with Crippen LogP contribution in [0.2, 0.25) is 0 Å². The minimum atomic E-state index is -0.881. The molecule has 1 atom stereocenters. The largest absolute Gasteiger partial charge is 0.481 e. The van der Waals surface area contributed by atoms with Crippen LogP contribution in [0.4, 0.5) is 5.88 Å². The number of carbonyl (C=O) groups is 2. The van der Waals surface area contributed by atoms with Crippen LogP contribution in [0.15, 0.2) is 10.6 Å². The molecule has 2 N–H and O–H groups in total. The fourth-order valence-electron chi connectivity index (χ4n) is 1.45. The number of aryl methyl sites for hydroxylation is 1. The number of carboxylic acids is 1. The number of nitrogens with zero attached hydrogens (tertiary/aromatic N) is 2. The molecule has 0 bridgehead atoms. The lowest BCUT2D eigenvalue weighted by atomic mass is 10.2. The maximum atomic E-state index is 11.6. The summed E-state index contributed by atoms with van der Waals surface area (Å²) in [6.45, 7) is 3.74. The number of nitrogens with one attached hydrogen (secondary N) is 1. The van der Waals surface area contributed by atoms with Gasteiger partial charge in [-0.2, -0.15) is 0 Å². The maximum Gasteiger partial charge on any atom is 0.307 e. The summed E-state index contributed by atoms with van der Waals surface area (Å²) in [6, 6.07) is 1.61. The Morgan fingerprint density at radius 2 is 2.28 bits per heavy atom. The highest BCUT2D eigenvalue weighted by atomic mass is 16.5. The number of hydrogen-bond acceptors (Lipinski definition) is 5. The first-order valence-electron chi connectivity index (χ1n) is 5.53. The average Bonchev–Trinajstić information content (AvgIpc) is 2.62. The van der Waals surface area contributed by atoms with Gasteiger partial charge in [-0.15, -0.1) is 0 Å². The molecule has 1 unspecified atom stereocenters. The van der Waals surface area contributed by atoms with Crippen molar-refractivity contribution in [2.24, 2.45) is 5.92 Å². The summed E-state index contributed by atoms with van der Waals surface area (Å²) in [5.41, 5.74) is 0.679. The quantitative estimate of drug-likeness (QED) is 0.771. The Kier molecular flexibility index (Phi) is 4.85. The standard InChI is InChI=1S/C11H17N3O4/c1-7(11(16)17)5-14(3)6-9(15)12-10-4-8(2)13-18-10/h4,7H,5-6H2,1-3H3,(H,12,15)(H,16,17). The fourth-order valence-corrected chi connectivity index (χ4v) is 1.45. The van der Waals surface area contributed by atoms with Gasteiger partial charge in [-0.25, -0.2) is 0 Å². The van der Waals surface area contributed by atoms with Crippen molar-refractivity contribution in [3.63, 3.8) is 0 Å². The van der Waals surface area contributed by atoms with Gasteiger partial charge in [0.1, 0.15) is 0 Å². The van der Waals surface area contributed by atoms with Crippen LogP contribution in [0.25, 0.3) is 0 Å². The first-order chi connectivity index (χ1) is 8.38. The summed E-state index contributed by atoms with van der Waals surface area (Å²) in [6.07, 6.45) is 0. The number of hydrogen-bond donors (Lipinski definition) is 2. The Labute approximate surface area is 105 Å². The number of rotatable bonds is 6. The number of carbonyl (C=O) groups excluding carboxylic acids is 1. The van der Waals surface area contributed by atoms with Crippen LogP contribution in [-0.2, 0) is 9.59 Å². The second kappa shape index (κ2) is 6.15. The van der Waals surface area contributed by atoms with Crippen molar-refractivity contribution < 1.29 is 19.2 Å². The molecule has 0 saturated carbocycles. The molecule has 100 valence electrons. The van der Waals surface area contributed by atoms with Crippen LogP contribution in [-0.4, -0.2) is 47.2 Å². The van der Waals surface area contributed by atoms with E-state index in [1.807, 2.05) is 0 Å². The van der Waals surface area contributed by atoms with Crippen molar-refractivity contribution in [2.75, 3.05) is 25.5 Å². The van der Waals surface area contributed by atoms with Gasteiger partial charge in [-0.3, -0.25) is 19.8 Å². The monoisotopic (exact) mass is 255 g/mol. The van der Waals surface area contributed by atoms with Crippen molar-refractivity contribution in [3.8, 4) is 0 Å². The lowest BCUT2D eigenvalue weighted by molar-refractivity contribution is -0.141. The van der Waals surface area contributed by atoms with E-state index in [9.17, 15) is 9.59 Å². The van der Waals surface area contributed by atoms with E-state index in [4.69, 9.17) is 9.63 Å². The van der Waals surface area contributed by atoms with E-state index in [1.165, 1.54) is 0 Å². The third kappa shape index (κ3) is 4.54. The van der Waals surface area contributed by atoms with Gasteiger partial charge in [0.2, 0.25) is 11.8 Å². The van der Waals surface area contributed by atoms with E-state index >= 15 is 0 Å². The van der Waals surface area contributed by atoms with Gasteiger partial charge < -0.3 is 9.63 Å². The Bertz CT molecular complexity index is 430. The molecule has 0 radical (unpaired) electrons. The molecule has 1 aromatic heterocycles. The van der Waals surface area contributed by atoms with E-state index in [1.54, 1.807) is 31.9 Å². The molecule has 1 rings (SSSR count). The average molecular weight is 255 g/mol. The van der Waals surface area contributed by atoms with E-state index in [2.05, 4.69) is 10.5 Å². The second-order valence-electron chi connectivity index (χ2n) is 4.32. The van der Waals surface area contributed by atoms with Gasteiger partial charge >= 0.3 is 5.97 Å². The van der Waals surface area contributed by atoms with Crippen LogP contribution >= 0.6 is 0 Å². The molecular weight excluding hydrogens is 238 g/mol. The van der Waals surface area contributed by atoms with Gasteiger partial charge in [0.25, 0.3) is 0 Å². The minimum Gasteiger partial charge on any atom is -0.481 e. The SMILES string of the molecule is Cc1cc(NC(=O)CN(C)CC(C)C(=O)O)on1. The zero-order valence-electron chi connectivity index (χ0n) is 10.6. The molecule has 1 aromatic rings. The first-order valence-corrected chi connectivity index (χ1v) is 5.53. The first kappa shape index (κ1) is 14.2. The summed E-state index contributed by atoms with van der Waals surface area (Å²) in [4.78, 5) is 23.9. The van der Waals surface area contributed by atoms with Crippen LogP contribution in [0, 0.1) is 12.8 Å². The summed E-state index contributed by atoms with van der Waals surface area (Å²) in [7, 11) is 1.69. The van der Waals surface area contributed by atoms with Crippen molar-refractivity contribution in [1.82, 2.24) is 10.1 Å². The zero-order valence-corrected chi connectivity index (χ0v) is 10.6. The summed E-state index contributed by atoms with van der Waals surface area (Å²) >= 11 is 0. The van der Waals surface area contributed by atoms with Gasteiger partial charge in [0.05, 0.1) is 18.2 Å². The minimum absolute atomic E-state index is 0.0946. The van der Waals surface area contributed by atoms with Gasteiger partial charge in [0, 0.05) is 12.6 Å². The van der Waals surface area contributed by atoms with Gasteiger partial charge in [0.15, 0.2) is 0 Å². The van der Waals surface area contributed by atoms with Gasteiger partial charge in [-0.1, -0.05) is 12.1 Å². The molecule has 18 heavy (non-hydrogen) atoms. The zero-order chi connectivity index (χ0) is 13.7. The third-order valence-corrected chi connectivity index (χ3v) is 2.31. The molecule has 1 amide bonds. The molecule has 0 aliphatic heterocycles. The Morgan fingerprint density at radius 3 is 2.78 bits per heavy atom. The second-order valence-corrected chi connectivity index (χ2v) is 4.32. The molecule has 7 nitrogen and oxygen atoms in total. The highest BCUT2D eigenvalue weighted by molar-refractivity contribution is 5.90. The fraction of sp³-hybridized carbons (Fsp3) is 0.545. The molecule has 1 heterocycles. The van der Waals surface area contributed by atoms with E-state index in [0.717, 1.165) is 0 Å². The van der Waals surface area contributed by atoms with E-state index < -0.39 is 11.9 Å². The highest BCUT2D eigenvalue weighted by Crippen LogP contribution is 2.08. The third-order valence-electron chi connectivity index (χ3n) is 2.31. The highest BCUT2D eigenvalue weighted by Gasteiger charge is 2.16. The Morgan fingerprint density at radius 1 is 1.61 bits per heavy atom. The van der Waals surface area contributed by atoms with Crippen LogP contribution < -0.4 is 5.32 Å². The summed E-state index contributed by atoms with van der Waals surface area (Å²) in [5.74, 6) is -1.38. The van der Waals surface area contributed by atoms with E-state index in [0.29, 0.717) is 12.2 Å². The Hall–Kier alpha value is -1.89. The molecule has 0 saturated heterocycles. The molecule has 0 aliphatic carbocycles. The molecule has 0 aromatic carbocycles. The van der Waals surface area contributed by atoms with Crippen molar-refractivity contribution >= 4 is 17.8 Å². The van der Waals surface area contributed by atoms with E-state index in [-0.39, 0.29) is 18.3 Å². The predicted octanol–water partition coefficient (Wildman–Crippen LogP) is 0.574. The number of amides is 1. The molecule has 0 aliphatic rings. The number of likely N-dealkylation sites (N-methyl/N-ethyl adjacent to an activating group) is 1. The Balaban J connectivity index is 2.38. The summed E-state index contributed by atoms with van der Waals surface area (Å²) in [5, 5.41) is 14.9. The van der Waals surface area contributed by atoms with Crippen LogP contribution in [0.1, 0.15) is 12.6 Å². The lowest BCUT2D eigenvalue weighted by Gasteiger charge is -2.17. The van der Waals surface area contributed by atoms with Crippen LogP contribution in [0.5, 0.6) is 0 Å². The topological polar surface area (TPSA) is 95.7 Å². The molecular formula is C11H17N3O4. The molecule has 7 heteroatoms. The number of anilines is 1.